The van der Waals surface area contributed by atoms with Gasteiger partial charge in [0.15, 0.2) is 0 Å². The molecule has 0 aliphatic rings. The highest BCUT2D eigenvalue weighted by atomic mass is 32.2. The minimum atomic E-state index is -3.83. The molecule has 0 saturated carbocycles. The van der Waals surface area contributed by atoms with E-state index in [4.69, 9.17) is 5.11 Å². The molecule has 0 aromatic heterocycles. The number of carbonyl (C=O) groups is 1. The lowest BCUT2D eigenvalue weighted by Gasteiger charge is -2.23. The van der Waals surface area contributed by atoms with Gasteiger partial charge in [0.2, 0.25) is 0 Å². The van der Waals surface area contributed by atoms with Crippen LogP contribution in [0.15, 0.2) is 30.3 Å². The highest BCUT2D eigenvalue weighted by molar-refractivity contribution is 7.87. The van der Waals surface area contributed by atoms with Gasteiger partial charge in [0, 0.05) is 13.1 Å². The fourth-order valence-electron chi connectivity index (χ4n) is 1.93. The third-order valence-electron chi connectivity index (χ3n) is 3.06. The van der Waals surface area contributed by atoms with E-state index in [0.29, 0.717) is 6.42 Å². The maximum absolute atomic E-state index is 12.3. The van der Waals surface area contributed by atoms with Crippen LogP contribution in [0.1, 0.15) is 32.3 Å². The van der Waals surface area contributed by atoms with Crippen LogP contribution in [0, 0.1) is 0 Å². The second-order valence-corrected chi connectivity index (χ2v) is 6.42. The van der Waals surface area contributed by atoms with Gasteiger partial charge in [0.1, 0.15) is 6.04 Å². The van der Waals surface area contributed by atoms with E-state index in [1.165, 1.54) is 4.31 Å². The van der Waals surface area contributed by atoms with Gasteiger partial charge in [-0.25, -0.2) is 0 Å². The average molecular weight is 314 g/mol. The van der Waals surface area contributed by atoms with Gasteiger partial charge in [-0.2, -0.15) is 17.4 Å². The van der Waals surface area contributed by atoms with Gasteiger partial charge < -0.3 is 5.11 Å². The lowest BCUT2D eigenvalue weighted by Crippen LogP contribution is -2.48. The zero-order chi connectivity index (χ0) is 15.9. The normalized spacial score (nSPS) is 13.3. The monoisotopic (exact) mass is 314 g/mol. The second-order valence-electron chi connectivity index (χ2n) is 4.71. The van der Waals surface area contributed by atoms with Gasteiger partial charge in [0.25, 0.3) is 10.2 Å². The fourth-order valence-corrected chi connectivity index (χ4v) is 3.32. The lowest BCUT2D eigenvalue weighted by molar-refractivity contribution is -0.139. The molecule has 0 heterocycles. The molecule has 0 amide bonds. The maximum atomic E-state index is 12.3. The summed E-state index contributed by atoms with van der Waals surface area (Å²) in [6.45, 7) is 4.01. The predicted molar refractivity (Wildman–Crippen MR) is 80.9 cm³/mol. The number of nitrogens with zero attached hydrogens (tertiary/aromatic N) is 1. The van der Waals surface area contributed by atoms with Gasteiger partial charge in [-0.05, 0) is 12.0 Å². The summed E-state index contributed by atoms with van der Waals surface area (Å²) in [6.07, 6.45) is 0.849. The molecule has 2 N–H and O–H groups in total. The Morgan fingerprint density at radius 3 is 2.38 bits per heavy atom. The minimum absolute atomic E-state index is 0.213. The molecule has 7 heteroatoms. The largest absolute Gasteiger partial charge is 0.480 e. The van der Waals surface area contributed by atoms with Crippen LogP contribution in [0.2, 0.25) is 0 Å². The Kier molecular flexibility index (Phi) is 6.80. The van der Waals surface area contributed by atoms with Crippen molar-refractivity contribution >= 4 is 16.2 Å². The molecule has 21 heavy (non-hydrogen) atoms. The van der Waals surface area contributed by atoms with Crippen molar-refractivity contribution in [2.75, 3.05) is 6.54 Å². The number of aliphatic carboxylic acids is 1. The molecule has 0 aliphatic heterocycles. The summed E-state index contributed by atoms with van der Waals surface area (Å²) < 4.78 is 28.1. The maximum Gasteiger partial charge on any atom is 0.321 e. The van der Waals surface area contributed by atoms with E-state index in [2.05, 4.69) is 4.72 Å². The standard InChI is InChI=1S/C14H22N2O4S/c1-3-8-13(14(17)18)15-21(19,20)16(4-2)11-12-9-6-5-7-10-12/h5-7,9-10,13,15H,3-4,8,11H2,1-2H3,(H,17,18). The van der Waals surface area contributed by atoms with Crippen molar-refractivity contribution in [3.63, 3.8) is 0 Å². The third kappa shape index (κ3) is 5.45. The number of rotatable bonds is 9. The molecule has 1 rings (SSSR count). The van der Waals surface area contributed by atoms with Crippen LogP contribution in [0.5, 0.6) is 0 Å². The summed E-state index contributed by atoms with van der Waals surface area (Å²) in [5, 5.41) is 9.07. The lowest BCUT2D eigenvalue weighted by atomic mass is 10.2. The van der Waals surface area contributed by atoms with E-state index in [1.54, 1.807) is 6.92 Å². The van der Waals surface area contributed by atoms with Crippen molar-refractivity contribution in [3.05, 3.63) is 35.9 Å². The molecule has 0 saturated heterocycles. The Balaban J connectivity index is 2.84. The number of carboxylic acids is 1. The number of hydrogen-bond donors (Lipinski definition) is 2. The van der Waals surface area contributed by atoms with Gasteiger partial charge >= 0.3 is 5.97 Å². The molecule has 1 unspecified atom stereocenters. The van der Waals surface area contributed by atoms with Gasteiger partial charge in [-0.3, -0.25) is 4.79 Å². The molecular formula is C14H22N2O4S. The van der Waals surface area contributed by atoms with E-state index in [1.807, 2.05) is 37.3 Å². The number of nitrogens with one attached hydrogen (secondary N) is 1. The first-order valence-corrected chi connectivity index (χ1v) is 8.38. The fraction of sp³-hybridized carbons (Fsp3) is 0.500. The molecule has 0 spiro atoms. The molecule has 0 radical (unpaired) electrons. The van der Waals surface area contributed by atoms with E-state index in [9.17, 15) is 13.2 Å². The molecular weight excluding hydrogens is 292 g/mol. The van der Waals surface area contributed by atoms with Crippen LogP contribution in [-0.2, 0) is 21.5 Å². The molecule has 118 valence electrons. The molecule has 0 bridgehead atoms. The zero-order valence-corrected chi connectivity index (χ0v) is 13.1. The Hall–Kier alpha value is -1.44. The SMILES string of the molecule is CCCC(NS(=O)(=O)N(CC)Cc1ccccc1)C(=O)O. The van der Waals surface area contributed by atoms with Crippen molar-refractivity contribution < 1.29 is 18.3 Å². The Labute approximate surface area is 126 Å². The summed E-state index contributed by atoms with van der Waals surface area (Å²) in [4.78, 5) is 11.1. The van der Waals surface area contributed by atoms with E-state index in [0.717, 1.165) is 5.56 Å². The van der Waals surface area contributed by atoms with Crippen LogP contribution in [-0.4, -0.2) is 36.4 Å². The highest BCUT2D eigenvalue weighted by Gasteiger charge is 2.27. The quantitative estimate of drug-likeness (QED) is 0.725. The van der Waals surface area contributed by atoms with Crippen molar-refractivity contribution in [1.29, 1.82) is 0 Å². The molecule has 1 aromatic carbocycles. The van der Waals surface area contributed by atoms with Crippen molar-refractivity contribution in [3.8, 4) is 0 Å². The highest BCUT2D eigenvalue weighted by Crippen LogP contribution is 2.09. The Morgan fingerprint density at radius 2 is 1.90 bits per heavy atom. The first kappa shape index (κ1) is 17.6. The van der Waals surface area contributed by atoms with Gasteiger partial charge in [-0.1, -0.05) is 50.6 Å². The summed E-state index contributed by atoms with van der Waals surface area (Å²) in [5.41, 5.74) is 0.854. The van der Waals surface area contributed by atoms with Crippen LogP contribution >= 0.6 is 0 Å². The zero-order valence-electron chi connectivity index (χ0n) is 12.3. The van der Waals surface area contributed by atoms with E-state index in [-0.39, 0.29) is 19.5 Å². The van der Waals surface area contributed by atoms with Crippen molar-refractivity contribution in [1.82, 2.24) is 9.03 Å². The van der Waals surface area contributed by atoms with Crippen LogP contribution in [0.3, 0.4) is 0 Å². The molecule has 1 aromatic rings. The smallest absolute Gasteiger partial charge is 0.321 e. The molecule has 0 aliphatic carbocycles. The Morgan fingerprint density at radius 1 is 1.29 bits per heavy atom. The minimum Gasteiger partial charge on any atom is -0.480 e. The molecule has 6 nitrogen and oxygen atoms in total. The second kappa shape index (κ2) is 8.11. The topological polar surface area (TPSA) is 86.7 Å². The first-order valence-electron chi connectivity index (χ1n) is 6.94. The number of carboxylic acid groups (broad SMARTS) is 1. The van der Waals surface area contributed by atoms with Gasteiger partial charge in [0.05, 0.1) is 0 Å². The molecule has 0 fully saturated rings. The Bertz CT molecular complexity index is 545. The van der Waals surface area contributed by atoms with E-state index >= 15 is 0 Å². The average Bonchev–Trinajstić information content (AvgIpc) is 2.45. The summed E-state index contributed by atoms with van der Waals surface area (Å²) >= 11 is 0. The van der Waals surface area contributed by atoms with Crippen molar-refractivity contribution in [2.24, 2.45) is 0 Å². The predicted octanol–water partition coefficient (Wildman–Crippen LogP) is 1.60. The van der Waals surface area contributed by atoms with Crippen LogP contribution in [0.25, 0.3) is 0 Å². The van der Waals surface area contributed by atoms with E-state index < -0.39 is 22.2 Å². The first-order chi connectivity index (χ1) is 9.90. The summed E-state index contributed by atoms with van der Waals surface area (Å²) in [7, 11) is -3.83. The van der Waals surface area contributed by atoms with Crippen LogP contribution < -0.4 is 4.72 Å². The molecule has 1 atom stereocenters. The summed E-state index contributed by atoms with van der Waals surface area (Å²) in [6, 6.07) is 8.09. The van der Waals surface area contributed by atoms with Crippen LogP contribution in [0.4, 0.5) is 0 Å². The third-order valence-corrected chi connectivity index (χ3v) is 4.71. The number of hydrogen-bond acceptors (Lipinski definition) is 3. The van der Waals surface area contributed by atoms with Crippen molar-refractivity contribution in [2.45, 2.75) is 39.3 Å². The van der Waals surface area contributed by atoms with Gasteiger partial charge in [-0.15, -0.1) is 0 Å². The number of benzene rings is 1. The summed E-state index contributed by atoms with van der Waals surface area (Å²) in [5.74, 6) is -1.16.